The van der Waals surface area contributed by atoms with Gasteiger partial charge < -0.3 is 19.3 Å². The lowest BCUT2D eigenvalue weighted by molar-refractivity contribution is -0.132. The molecule has 10 nitrogen and oxygen atoms in total. The van der Waals surface area contributed by atoms with Gasteiger partial charge in [0.25, 0.3) is 5.56 Å². The fourth-order valence-electron chi connectivity index (χ4n) is 2.92. The van der Waals surface area contributed by atoms with Crippen LogP contribution in [0, 0.1) is 11.3 Å². The summed E-state index contributed by atoms with van der Waals surface area (Å²) in [6, 6.07) is 5.61. The van der Waals surface area contributed by atoms with Gasteiger partial charge in [0.2, 0.25) is 5.91 Å². The molecule has 0 aliphatic carbocycles. The van der Waals surface area contributed by atoms with Crippen molar-refractivity contribution < 1.29 is 14.3 Å². The molecule has 2 aromatic rings. The number of nitrogens with one attached hydrogen (secondary N) is 1. The SMILES string of the molecule is N#Cc1ccc(N2CCN(C(=O)CCOCCOc3cn[nH]c(=O)c3Cl)CC2)nc1. The number of pyridine rings is 1. The number of H-pyrrole nitrogens is 1. The number of hydrogen-bond acceptors (Lipinski definition) is 8. The summed E-state index contributed by atoms with van der Waals surface area (Å²) in [6.45, 7) is 3.31. The van der Waals surface area contributed by atoms with Crippen molar-refractivity contribution in [3.8, 4) is 11.8 Å². The zero-order valence-electron chi connectivity index (χ0n) is 16.2. The monoisotopic (exact) mass is 432 g/mol. The van der Waals surface area contributed by atoms with E-state index in [-0.39, 0.29) is 42.9 Å². The van der Waals surface area contributed by atoms with Gasteiger partial charge in [-0.3, -0.25) is 9.59 Å². The Morgan fingerprint density at radius 2 is 2.00 bits per heavy atom. The summed E-state index contributed by atoms with van der Waals surface area (Å²) in [5.41, 5.74) is 0.00546. The van der Waals surface area contributed by atoms with Crippen LogP contribution in [0.4, 0.5) is 5.82 Å². The minimum atomic E-state index is -0.518. The van der Waals surface area contributed by atoms with E-state index >= 15 is 0 Å². The summed E-state index contributed by atoms with van der Waals surface area (Å²) < 4.78 is 10.8. The smallest absolute Gasteiger partial charge is 0.286 e. The van der Waals surface area contributed by atoms with Crippen LogP contribution in [0.2, 0.25) is 5.02 Å². The summed E-state index contributed by atoms with van der Waals surface area (Å²) in [5.74, 6) is 1.03. The number of halogens is 1. The molecule has 158 valence electrons. The van der Waals surface area contributed by atoms with E-state index in [1.807, 2.05) is 17.0 Å². The van der Waals surface area contributed by atoms with Crippen LogP contribution in [0.15, 0.2) is 29.3 Å². The van der Waals surface area contributed by atoms with Crippen molar-refractivity contribution in [2.75, 3.05) is 50.9 Å². The molecule has 1 aliphatic heterocycles. The molecular formula is C19H21ClN6O4. The summed E-state index contributed by atoms with van der Waals surface area (Å²) in [5, 5.41) is 14.6. The molecule has 11 heteroatoms. The van der Waals surface area contributed by atoms with Gasteiger partial charge in [0.15, 0.2) is 10.8 Å². The Morgan fingerprint density at radius 1 is 1.20 bits per heavy atom. The average Bonchev–Trinajstić information content (AvgIpc) is 2.79. The number of nitrogens with zero attached hydrogens (tertiary/aromatic N) is 5. The van der Waals surface area contributed by atoms with Gasteiger partial charge in [0.1, 0.15) is 18.5 Å². The number of piperazine rings is 1. The van der Waals surface area contributed by atoms with Gasteiger partial charge in [0.05, 0.1) is 31.4 Å². The van der Waals surface area contributed by atoms with Crippen LogP contribution >= 0.6 is 11.6 Å². The lowest BCUT2D eigenvalue weighted by Crippen LogP contribution is -2.49. The highest BCUT2D eigenvalue weighted by molar-refractivity contribution is 6.31. The number of carbonyl (C=O) groups excluding carboxylic acids is 1. The molecule has 0 aromatic carbocycles. The first-order valence-corrected chi connectivity index (χ1v) is 9.79. The molecule has 2 aromatic heterocycles. The van der Waals surface area contributed by atoms with E-state index in [4.69, 9.17) is 26.3 Å². The number of carbonyl (C=O) groups is 1. The summed E-state index contributed by atoms with van der Waals surface area (Å²) in [7, 11) is 0. The molecule has 0 radical (unpaired) electrons. The van der Waals surface area contributed by atoms with E-state index in [0.29, 0.717) is 31.7 Å². The number of hydrogen-bond donors (Lipinski definition) is 1. The highest BCUT2D eigenvalue weighted by Gasteiger charge is 2.21. The Morgan fingerprint density at radius 3 is 2.70 bits per heavy atom. The van der Waals surface area contributed by atoms with Crippen LogP contribution in [-0.2, 0) is 9.53 Å². The van der Waals surface area contributed by atoms with Crippen molar-refractivity contribution in [3.63, 3.8) is 0 Å². The van der Waals surface area contributed by atoms with Crippen molar-refractivity contribution in [2.24, 2.45) is 0 Å². The number of ether oxygens (including phenoxy) is 2. The van der Waals surface area contributed by atoms with Gasteiger partial charge in [-0.05, 0) is 12.1 Å². The van der Waals surface area contributed by atoms with Crippen LogP contribution in [0.25, 0.3) is 0 Å². The lowest BCUT2D eigenvalue weighted by atomic mass is 10.2. The molecule has 3 rings (SSSR count). The molecule has 30 heavy (non-hydrogen) atoms. The predicted molar refractivity (Wildman–Crippen MR) is 109 cm³/mol. The standard InChI is InChI=1S/C19H21ClN6O4/c20-18-15(13-23-24-19(18)28)30-10-9-29-8-3-17(27)26-6-4-25(5-7-26)16-2-1-14(11-21)12-22-16/h1-2,12-13H,3-10H2,(H,24,28). The van der Waals surface area contributed by atoms with E-state index in [1.54, 1.807) is 12.3 Å². The second-order valence-electron chi connectivity index (χ2n) is 6.47. The molecule has 0 atom stereocenters. The van der Waals surface area contributed by atoms with Gasteiger partial charge in [0, 0.05) is 32.4 Å². The average molecular weight is 433 g/mol. The first-order chi connectivity index (χ1) is 14.6. The minimum Gasteiger partial charge on any atom is -0.488 e. The third kappa shape index (κ3) is 5.68. The van der Waals surface area contributed by atoms with Crippen molar-refractivity contribution in [1.29, 1.82) is 5.26 Å². The lowest BCUT2D eigenvalue weighted by Gasteiger charge is -2.35. The van der Waals surface area contributed by atoms with Gasteiger partial charge in [-0.15, -0.1) is 0 Å². The van der Waals surface area contributed by atoms with Crippen LogP contribution in [0.3, 0.4) is 0 Å². The summed E-state index contributed by atoms with van der Waals surface area (Å²) >= 11 is 5.80. The van der Waals surface area contributed by atoms with Gasteiger partial charge >= 0.3 is 0 Å². The maximum atomic E-state index is 12.3. The Kier molecular flexibility index (Phi) is 7.59. The number of rotatable bonds is 8. The molecular weight excluding hydrogens is 412 g/mol. The zero-order chi connectivity index (χ0) is 21.3. The van der Waals surface area contributed by atoms with E-state index < -0.39 is 5.56 Å². The normalized spacial score (nSPS) is 13.7. The van der Waals surface area contributed by atoms with Crippen LogP contribution < -0.4 is 15.2 Å². The van der Waals surface area contributed by atoms with Crippen molar-refractivity contribution in [1.82, 2.24) is 20.1 Å². The molecule has 3 heterocycles. The fraction of sp³-hybridized carbons (Fsp3) is 0.421. The summed E-state index contributed by atoms with van der Waals surface area (Å²) in [4.78, 5) is 31.8. The van der Waals surface area contributed by atoms with Gasteiger partial charge in [-0.2, -0.15) is 10.4 Å². The van der Waals surface area contributed by atoms with Crippen molar-refractivity contribution in [2.45, 2.75) is 6.42 Å². The predicted octanol–water partition coefficient (Wildman–Crippen LogP) is 0.824. The number of anilines is 1. The second-order valence-corrected chi connectivity index (χ2v) is 6.85. The van der Waals surface area contributed by atoms with E-state index in [0.717, 1.165) is 5.82 Å². The third-order valence-electron chi connectivity index (χ3n) is 4.54. The highest BCUT2D eigenvalue weighted by Crippen LogP contribution is 2.17. The molecule has 0 unspecified atom stereocenters. The Balaban J connectivity index is 1.31. The van der Waals surface area contributed by atoms with E-state index in [1.165, 1.54) is 6.20 Å². The molecule has 1 amide bonds. The van der Waals surface area contributed by atoms with Gasteiger partial charge in [-0.1, -0.05) is 11.6 Å². The first-order valence-electron chi connectivity index (χ1n) is 9.41. The number of nitriles is 1. The maximum Gasteiger partial charge on any atom is 0.286 e. The number of aromatic nitrogens is 3. The molecule has 0 bridgehead atoms. The Hall–Kier alpha value is -3.16. The van der Waals surface area contributed by atoms with E-state index in [9.17, 15) is 9.59 Å². The molecule has 1 N–H and O–H groups in total. The maximum absolute atomic E-state index is 12.3. The van der Waals surface area contributed by atoms with Crippen LogP contribution in [-0.4, -0.2) is 72.0 Å². The molecule has 1 saturated heterocycles. The molecule has 1 fully saturated rings. The first kappa shape index (κ1) is 21.5. The zero-order valence-corrected chi connectivity index (χ0v) is 17.0. The quantitative estimate of drug-likeness (QED) is 0.608. The van der Waals surface area contributed by atoms with Gasteiger partial charge in [-0.25, -0.2) is 10.1 Å². The Labute approximate surface area is 178 Å². The number of aromatic amines is 1. The highest BCUT2D eigenvalue weighted by atomic mass is 35.5. The molecule has 0 spiro atoms. The molecule has 1 aliphatic rings. The largest absolute Gasteiger partial charge is 0.488 e. The van der Waals surface area contributed by atoms with Crippen molar-refractivity contribution in [3.05, 3.63) is 45.5 Å². The Bertz CT molecular complexity index is 951. The van der Waals surface area contributed by atoms with Crippen LogP contribution in [0.5, 0.6) is 5.75 Å². The van der Waals surface area contributed by atoms with Crippen molar-refractivity contribution >= 4 is 23.3 Å². The fourth-order valence-corrected chi connectivity index (χ4v) is 3.07. The summed E-state index contributed by atoms with van der Waals surface area (Å²) in [6.07, 6.45) is 3.15. The molecule has 0 saturated carbocycles. The van der Waals surface area contributed by atoms with E-state index in [2.05, 4.69) is 20.1 Å². The minimum absolute atomic E-state index is 0.0326. The topological polar surface area (TPSA) is 124 Å². The second kappa shape index (κ2) is 10.6. The number of amides is 1. The third-order valence-corrected chi connectivity index (χ3v) is 4.90. The van der Waals surface area contributed by atoms with Crippen LogP contribution in [0.1, 0.15) is 12.0 Å².